The highest BCUT2D eigenvalue weighted by Crippen LogP contribution is 2.26. The summed E-state index contributed by atoms with van der Waals surface area (Å²) in [6.07, 6.45) is 1.71. The van der Waals surface area contributed by atoms with Gasteiger partial charge in [0, 0.05) is 11.1 Å². The molecule has 0 radical (unpaired) electrons. The molecule has 4 nitrogen and oxygen atoms in total. The first-order valence-electron chi connectivity index (χ1n) is 10.4. The standard InChI is InChI=1S/C27H25NO3/c1-18(2)21-11-13-22(14-12-21)26-28-24(27(29)31-26)16-23-9-4-5-10-25(23)30-17-20-8-6-7-19(3)15-20/h4-16,18H,17H2,1-3H3/b24-16-. The van der Waals surface area contributed by atoms with Gasteiger partial charge < -0.3 is 9.47 Å². The van der Waals surface area contributed by atoms with Crippen LogP contribution in [0.3, 0.4) is 0 Å². The summed E-state index contributed by atoms with van der Waals surface area (Å²) in [6, 6.07) is 23.7. The van der Waals surface area contributed by atoms with Crippen LogP contribution in [-0.4, -0.2) is 11.9 Å². The molecule has 0 saturated carbocycles. The zero-order valence-corrected chi connectivity index (χ0v) is 18.0. The van der Waals surface area contributed by atoms with Crippen LogP contribution in [0.5, 0.6) is 5.75 Å². The number of hydrogen-bond donors (Lipinski definition) is 0. The Balaban J connectivity index is 1.56. The van der Waals surface area contributed by atoms with Gasteiger partial charge in [-0.05, 0) is 48.2 Å². The molecule has 0 aromatic heterocycles. The van der Waals surface area contributed by atoms with Gasteiger partial charge in [-0.3, -0.25) is 0 Å². The molecular formula is C27H25NO3. The molecule has 3 aromatic carbocycles. The maximum Gasteiger partial charge on any atom is 0.363 e. The number of aliphatic imine (C=N–C) groups is 1. The van der Waals surface area contributed by atoms with Crippen molar-refractivity contribution in [2.24, 2.45) is 4.99 Å². The van der Waals surface area contributed by atoms with Gasteiger partial charge in [0.25, 0.3) is 0 Å². The number of benzene rings is 3. The van der Waals surface area contributed by atoms with Gasteiger partial charge >= 0.3 is 5.97 Å². The lowest BCUT2D eigenvalue weighted by Gasteiger charge is -2.09. The van der Waals surface area contributed by atoms with Crippen molar-refractivity contribution in [1.82, 2.24) is 0 Å². The molecule has 1 aliphatic rings. The van der Waals surface area contributed by atoms with E-state index in [1.165, 1.54) is 11.1 Å². The van der Waals surface area contributed by atoms with Gasteiger partial charge in [0.1, 0.15) is 12.4 Å². The largest absolute Gasteiger partial charge is 0.488 e. The van der Waals surface area contributed by atoms with Crippen molar-refractivity contribution in [2.75, 3.05) is 0 Å². The normalized spacial score (nSPS) is 14.6. The fraction of sp³-hybridized carbons (Fsp3) is 0.185. The second kappa shape index (κ2) is 9.00. The number of carbonyl (C=O) groups is 1. The number of para-hydroxylation sites is 1. The Morgan fingerprint density at radius 1 is 1.00 bits per heavy atom. The summed E-state index contributed by atoms with van der Waals surface area (Å²) in [6.45, 7) is 6.78. The average molecular weight is 412 g/mol. The van der Waals surface area contributed by atoms with Gasteiger partial charge in [-0.1, -0.05) is 74.0 Å². The topological polar surface area (TPSA) is 47.9 Å². The zero-order valence-electron chi connectivity index (χ0n) is 18.0. The van der Waals surface area contributed by atoms with Crippen LogP contribution in [0.1, 0.15) is 47.6 Å². The maximum atomic E-state index is 12.4. The van der Waals surface area contributed by atoms with Crippen LogP contribution in [-0.2, 0) is 16.1 Å². The summed E-state index contributed by atoms with van der Waals surface area (Å²) in [4.78, 5) is 16.9. The Labute approximate surface area is 182 Å². The lowest BCUT2D eigenvalue weighted by molar-refractivity contribution is -0.129. The van der Waals surface area contributed by atoms with Gasteiger partial charge in [-0.25, -0.2) is 9.79 Å². The summed E-state index contributed by atoms with van der Waals surface area (Å²) in [5.74, 6) is 0.990. The van der Waals surface area contributed by atoms with Gasteiger partial charge in [0.2, 0.25) is 5.90 Å². The first kappa shape index (κ1) is 20.6. The van der Waals surface area contributed by atoms with E-state index in [1.807, 2.05) is 60.7 Å². The molecule has 1 heterocycles. The average Bonchev–Trinajstić information content (AvgIpc) is 3.13. The van der Waals surface area contributed by atoms with Gasteiger partial charge in [-0.2, -0.15) is 0 Å². The van der Waals surface area contributed by atoms with E-state index in [2.05, 4.69) is 37.9 Å². The Hall–Kier alpha value is -3.66. The zero-order chi connectivity index (χ0) is 21.8. The quantitative estimate of drug-likeness (QED) is 0.367. The van der Waals surface area contributed by atoms with Gasteiger partial charge in [0.05, 0.1) is 0 Å². The van der Waals surface area contributed by atoms with Crippen LogP contribution in [0.15, 0.2) is 83.5 Å². The number of hydrogen-bond acceptors (Lipinski definition) is 4. The van der Waals surface area contributed by atoms with E-state index in [1.54, 1.807) is 6.08 Å². The third kappa shape index (κ3) is 4.92. The predicted octanol–water partition coefficient (Wildman–Crippen LogP) is 6.04. The summed E-state index contributed by atoms with van der Waals surface area (Å²) in [5, 5.41) is 0. The molecule has 31 heavy (non-hydrogen) atoms. The maximum absolute atomic E-state index is 12.4. The third-order valence-corrected chi connectivity index (χ3v) is 5.13. The van der Waals surface area contributed by atoms with E-state index in [4.69, 9.17) is 9.47 Å². The number of esters is 1. The highest BCUT2D eigenvalue weighted by molar-refractivity contribution is 6.12. The van der Waals surface area contributed by atoms with E-state index >= 15 is 0 Å². The number of nitrogens with zero attached hydrogens (tertiary/aromatic N) is 1. The minimum Gasteiger partial charge on any atom is -0.488 e. The lowest BCUT2D eigenvalue weighted by atomic mass is 10.0. The smallest absolute Gasteiger partial charge is 0.363 e. The summed E-state index contributed by atoms with van der Waals surface area (Å²) >= 11 is 0. The van der Waals surface area contributed by atoms with Crippen LogP contribution >= 0.6 is 0 Å². The number of cyclic esters (lactones) is 1. The second-order valence-electron chi connectivity index (χ2n) is 7.93. The van der Waals surface area contributed by atoms with Crippen molar-refractivity contribution >= 4 is 17.9 Å². The minimum atomic E-state index is -0.462. The molecule has 0 unspecified atom stereocenters. The highest BCUT2D eigenvalue weighted by atomic mass is 16.6. The molecule has 156 valence electrons. The van der Waals surface area contributed by atoms with E-state index < -0.39 is 5.97 Å². The molecule has 0 amide bonds. The van der Waals surface area contributed by atoms with E-state index in [0.29, 0.717) is 24.2 Å². The summed E-state index contributed by atoms with van der Waals surface area (Å²) < 4.78 is 11.4. The monoisotopic (exact) mass is 411 g/mol. The SMILES string of the molecule is Cc1cccc(COc2ccccc2/C=C2\N=C(c3ccc(C(C)C)cc3)OC2=O)c1. The molecule has 0 atom stereocenters. The lowest BCUT2D eigenvalue weighted by Crippen LogP contribution is -2.05. The molecule has 3 aromatic rings. The molecule has 0 spiro atoms. The molecule has 4 rings (SSSR count). The molecule has 0 bridgehead atoms. The molecule has 0 saturated heterocycles. The van der Waals surface area contributed by atoms with Gasteiger partial charge in [-0.15, -0.1) is 0 Å². The van der Waals surface area contributed by atoms with Crippen molar-refractivity contribution < 1.29 is 14.3 Å². The Bertz CT molecular complexity index is 1160. The Morgan fingerprint density at radius 2 is 1.77 bits per heavy atom. The number of aryl methyl sites for hydroxylation is 1. The number of carbonyl (C=O) groups excluding carboxylic acids is 1. The molecule has 0 N–H and O–H groups in total. The third-order valence-electron chi connectivity index (χ3n) is 5.13. The number of ether oxygens (including phenoxy) is 2. The highest BCUT2D eigenvalue weighted by Gasteiger charge is 2.24. The molecule has 4 heteroatoms. The first-order chi connectivity index (χ1) is 15.0. The fourth-order valence-corrected chi connectivity index (χ4v) is 3.38. The second-order valence-corrected chi connectivity index (χ2v) is 7.93. The Morgan fingerprint density at radius 3 is 2.52 bits per heavy atom. The van der Waals surface area contributed by atoms with Crippen LogP contribution in [0, 0.1) is 6.92 Å². The predicted molar refractivity (Wildman–Crippen MR) is 123 cm³/mol. The number of rotatable bonds is 6. The van der Waals surface area contributed by atoms with Crippen molar-refractivity contribution in [3.8, 4) is 5.75 Å². The van der Waals surface area contributed by atoms with Gasteiger partial charge in [0.15, 0.2) is 5.70 Å². The summed E-state index contributed by atoms with van der Waals surface area (Å²) in [5.41, 5.74) is 5.33. The molecule has 0 fully saturated rings. The van der Waals surface area contributed by atoms with Crippen LogP contribution in [0.2, 0.25) is 0 Å². The molecular weight excluding hydrogens is 386 g/mol. The Kier molecular flexibility index (Phi) is 5.99. The van der Waals surface area contributed by atoms with E-state index in [-0.39, 0.29) is 5.70 Å². The molecule has 1 aliphatic heterocycles. The van der Waals surface area contributed by atoms with Crippen LogP contribution in [0.25, 0.3) is 6.08 Å². The van der Waals surface area contributed by atoms with Crippen molar-refractivity contribution in [3.63, 3.8) is 0 Å². The molecule has 0 aliphatic carbocycles. The van der Waals surface area contributed by atoms with E-state index in [9.17, 15) is 4.79 Å². The first-order valence-corrected chi connectivity index (χ1v) is 10.4. The van der Waals surface area contributed by atoms with Crippen LogP contribution in [0.4, 0.5) is 0 Å². The fourth-order valence-electron chi connectivity index (χ4n) is 3.38. The van der Waals surface area contributed by atoms with Crippen molar-refractivity contribution in [1.29, 1.82) is 0 Å². The summed E-state index contributed by atoms with van der Waals surface area (Å²) in [7, 11) is 0. The van der Waals surface area contributed by atoms with Crippen molar-refractivity contribution in [3.05, 3.63) is 106 Å². The van der Waals surface area contributed by atoms with E-state index in [0.717, 1.165) is 16.7 Å². The van der Waals surface area contributed by atoms with Crippen molar-refractivity contribution in [2.45, 2.75) is 33.3 Å². The van der Waals surface area contributed by atoms with Crippen LogP contribution < -0.4 is 4.74 Å². The minimum absolute atomic E-state index is 0.259.